The van der Waals surface area contributed by atoms with E-state index in [1.54, 1.807) is 13.4 Å². The SMILES string of the molecule is CCCC(CNCCOC)Cc1ncnn1C. The van der Waals surface area contributed by atoms with Crippen molar-refractivity contribution in [2.24, 2.45) is 13.0 Å². The Labute approximate surface area is 104 Å². The van der Waals surface area contributed by atoms with Crippen molar-refractivity contribution >= 4 is 0 Å². The number of nitrogens with one attached hydrogen (secondary N) is 1. The van der Waals surface area contributed by atoms with Crippen molar-refractivity contribution in [3.8, 4) is 0 Å². The highest BCUT2D eigenvalue weighted by molar-refractivity contribution is 4.86. The Morgan fingerprint density at radius 3 is 2.94 bits per heavy atom. The molecule has 1 aromatic heterocycles. The molecular weight excluding hydrogens is 216 g/mol. The number of hydrogen-bond acceptors (Lipinski definition) is 4. The van der Waals surface area contributed by atoms with Crippen LogP contribution >= 0.6 is 0 Å². The third-order valence-corrected chi connectivity index (χ3v) is 2.89. The van der Waals surface area contributed by atoms with E-state index in [9.17, 15) is 0 Å². The summed E-state index contributed by atoms with van der Waals surface area (Å²) >= 11 is 0. The van der Waals surface area contributed by atoms with Crippen LogP contribution < -0.4 is 5.32 Å². The summed E-state index contributed by atoms with van der Waals surface area (Å²) in [5.41, 5.74) is 0. The molecule has 0 saturated carbocycles. The Morgan fingerprint density at radius 1 is 1.53 bits per heavy atom. The van der Waals surface area contributed by atoms with Crippen molar-refractivity contribution in [1.29, 1.82) is 0 Å². The molecule has 0 aliphatic heterocycles. The Balaban J connectivity index is 2.35. The highest BCUT2D eigenvalue weighted by Gasteiger charge is 2.11. The van der Waals surface area contributed by atoms with Crippen molar-refractivity contribution in [1.82, 2.24) is 20.1 Å². The van der Waals surface area contributed by atoms with Crippen LogP contribution in [0.5, 0.6) is 0 Å². The number of methoxy groups -OCH3 is 1. The van der Waals surface area contributed by atoms with Crippen molar-refractivity contribution in [3.05, 3.63) is 12.2 Å². The van der Waals surface area contributed by atoms with Gasteiger partial charge >= 0.3 is 0 Å². The Bertz CT molecular complexity index is 300. The fourth-order valence-corrected chi connectivity index (χ4v) is 1.93. The molecule has 0 radical (unpaired) electrons. The fraction of sp³-hybridized carbons (Fsp3) is 0.833. The smallest absolute Gasteiger partial charge is 0.138 e. The average molecular weight is 240 g/mol. The minimum absolute atomic E-state index is 0.625. The van der Waals surface area contributed by atoms with Crippen LogP contribution in [0.25, 0.3) is 0 Å². The van der Waals surface area contributed by atoms with Crippen molar-refractivity contribution in [3.63, 3.8) is 0 Å². The molecule has 98 valence electrons. The van der Waals surface area contributed by atoms with Crippen LogP contribution in [0.4, 0.5) is 0 Å². The quantitative estimate of drug-likeness (QED) is 0.655. The van der Waals surface area contributed by atoms with Gasteiger partial charge in [0.05, 0.1) is 6.61 Å². The molecule has 1 rings (SSSR count). The summed E-state index contributed by atoms with van der Waals surface area (Å²) in [4.78, 5) is 4.28. The van der Waals surface area contributed by atoms with Crippen molar-refractivity contribution in [2.75, 3.05) is 26.8 Å². The van der Waals surface area contributed by atoms with E-state index in [0.29, 0.717) is 5.92 Å². The first-order valence-corrected chi connectivity index (χ1v) is 6.30. The number of ether oxygens (including phenoxy) is 1. The topological polar surface area (TPSA) is 52.0 Å². The first-order valence-electron chi connectivity index (χ1n) is 6.30. The Morgan fingerprint density at radius 2 is 2.35 bits per heavy atom. The van der Waals surface area contributed by atoms with E-state index in [4.69, 9.17) is 4.74 Å². The molecule has 5 heteroatoms. The van der Waals surface area contributed by atoms with Crippen LogP contribution in [-0.2, 0) is 18.2 Å². The van der Waals surface area contributed by atoms with E-state index in [0.717, 1.165) is 31.9 Å². The fourth-order valence-electron chi connectivity index (χ4n) is 1.93. The Kier molecular flexibility index (Phi) is 6.81. The molecule has 0 aromatic carbocycles. The molecule has 0 saturated heterocycles. The second-order valence-corrected chi connectivity index (χ2v) is 4.36. The second-order valence-electron chi connectivity index (χ2n) is 4.36. The maximum Gasteiger partial charge on any atom is 0.138 e. The van der Waals surface area contributed by atoms with Gasteiger partial charge in [-0.25, -0.2) is 4.98 Å². The normalized spacial score (nSPS) is 12.9. The monoisotopic (exact) mass is 240 g/mol. The van der Waals surface area contributed by atoms with E-state index in [1.807, 2.05) is 11.7 Å². The molecule has 1 N–H and O–H groups in total. The third-order valence-electron chi connectivity index (χ3n) is 2.89. The number of rotatable bonds is 9. The summed E-state index contributed by atoms with van der Waals surface area (Å²) in [6.07, 6.45) is 5.03. The van der Waals surface area contributed by atoms with Crippen molar-refractivity contribution in [2.45, 2.75) is 26.2 Å². The molecule has 1 unspecified atom stereocenters. The van der Waals surface area contributed by atoms with Gasteiger partial charge in [0, 0.05) is 27.1 Å². The van der Waals surface area contributed by atoms with Crippen LogP contribution in [0.1, 0.15) is 25.6 Å². The van der Waals surface area contributed by atoms with E-state index in [1.165, 1.54) is 12.8 Å². The zero-order valence-electron chi connectivity index (χ0n) is 11.1. The summed E-state index contributed by atoms with van der Waals surface area (Å²) < 4.78 is 6.88. The van der Waals surface area contributed by atoms with Gasteiger partial charge < -0.3 is 10.1 Å². The van der Waals surface area contributed by atoms with Crippen LogP contribution in [-0.4, -0.2) is 41.6 Å². The van der Waals surface area contributed by atoms with Gasteiger partial charge in [0.25, 0.3) is 0 Å². The predicted molar refractivity (Wildman–Crippen MR) is 67.9 cm³/mol. The molecule has 0 fully saturated rings. The molecule has 1 atom stereocenters. The highest BCUT2D eigenvalue weighted by Crippen LogP contribution is 2.11. The minimum atomic E-state index is 0.625. The number of nitrogens with zero attached hydrogens (tertiary/aromatic N) is 3. The second kappa shape index (κ2) is 8.20. The summed E-state index contributed by atoms with van der Waals surface area (Å²) in [6.45, 7) is 4.92. The standard InChI is InChI=1S/C12H24N4O/c1-4-5-11(9-13-6-7-17-3)8-12-14-10-15-16(12)2/h10-11,13H,4-9H2,1-3H3. The molecule has 0 spiro atoms. The molecule has 5 nitrogen and oxygen atoms in total. The zero-order valence-corrected chi connectivity index (χ0v) is 11.1. The summed E-state index contributed by atoms with van der Waals surface area (Å²) in [5.74, 6) is 1.69. The van der Waals surface area contributed by atoms with E-state index in [2.05, 4.69) is 22.3 Å². The summed E-state index contributed by atoms with van der Waals surface area (Å²) in [6, 6.07) is 0. The third kappa shape index (κ3) is 5.28. The van der Waals surface area contributed by atoms with Gasteiger partial charge in [0.15, 0.2) is 0 Å². The average Bonchev–Trinajstić information content (AvgIpc) is 2.71. The minimum Gasteiger partial charge on any atom is -0.383 e. The molecule has 1 heterocycles. The molecule has 0 aliphatic rings. The van der Waals surface area contributed by atoms with Gasteiger partial charge in [-0.1, -0.05) is 13.3 Å². The van der Waals surface area contributed by atoms with E-state index >= 15 is 0 Å². The Hall–Kier alpha value is -0.940. The molecule has 0 bridgehead atoms. The van der Waals surface area contributed by atoms with Crippen LogP contribution in [0.2, 0.25) is 0 Å². The van der Waals surface area contributed by atoms with Gasteiger partial charge in [-0.2, -0.15) is 5.10 Å². The van der Waals surface area contributed by atoms with Crippen LogP contribution in [0, 0.1) is 5.92 Å². The van der Waals surface area contributed by atoms with Gasteiger partial charge in [-0.05, 0) is 18.9 Å². The van der Waals surface area contributed by atoms with Gasteiger partial charge in [-0.15, -0.1) is 0 Å². The lowest BCUT2D eigenvalue weighted by Crippen LogP contribution is -2.27. The predicted octanol–water partition coefficient (Wildman–Crippen LogP) is 1.01. The van der Waals surface area contributed by atoms with Gasteiger partial charge in [-0.3, -0.25) is 4.68 Å². The maximum atomic E-state index is 5.02. The zero-order chi connectivity index (χ0) is 12.5. The van der Waals surface area contributed by atoms with Crippen LogP contribution in [0.3, 0.4) is 0 Å². The maximum absolute atomic E-state index is 5.02. The lowest BCUT2D eigenvalue weighted by atomic mass is 9.99. The lowest BCUT2D eigenvalue weighted by Gasteiger charge is -2.16. The molecule has 0 aliphatic carbocycles. The number of aryl methyl sites for hydroxylation is 1. The summed E-state index contributed by atoms with van der Waals surface area (Å²) in [5, 5.41) is 7.53. The number of hydrogen-bond donors (Lipinski definition) is 1. The van der Waals surface area contributed by atoms with Gasteiger partial charge in [0.2, 0.25) is 0 Å². The molecule has 0 amide bonds. The highest BCUT2D eigenvalue weighted by atomic mass is 16.5. The summed E-state index contributed by atoms with van der Waals surface area (Å²) in [7, 11) is 3.68. The first kappa shape index (κ1) is 14.1. The lowest BCUT2D eigenvalue weighted by molar-refractivity contribution is 0.197. The number of aromatic nitrogens is 3. The molecule has 1 aromatic rings. The largest absolute Gasteiger partial charge is 0.383 e. The van der Waals surface area contributed by atoms with E-state index < -0.39 is 0 Å². The van der Waals surface area contributed by atoms with Crippen molar-refractivity contribution < 1.29 is 4.74 Å². The molecule has 17 heavy (non-hydrogen) atoms. The van der Waals surface area contributed by atoms with E-state index in [-0.39, 0.29) is 0 Å². The van der Waals surface area contributed by atoms with Crippen LogP contribution in [0.15, 0.2) is 6.33 Å². The van der Waals surface area contributed by atoms with Gasteiger partial charge in [0.1, 0.15) is 12.2 Å². The first-order chi connectivity index (χ1) is 8.27. The molecular formula is C12H24N4O.